The maximum atomic E-state index is 13.2. The molecule has 0 spiro atoms. The van der Waals surface area contributed by atoms with Gasteiger partial charge in [-0.2, -0.15) is 5.26 Å². The number of halogens is 1. The largest absolute Gasteiger partial charge is 0.293 e. The maximum Gasteiger partial charge on any atom is 0.171 e. The molecule has 0 heterocycles. The van der Waals surface area contributed by atoms with Gasteiger partial charge in [-0.15, -0.1) is 0 Å². The van der Waals surface area contributed by atoms with Crippen LogP contribution in [0.25, 0.3) is 0 Å². The molecule has 2 aromatic carbocycles. The fraction of sp³-hybridized carbons (Fsp3) is 0.125. The molecule has 0 N–H and O–H groups in total. The molecule has 3 heteroatoms. The molecular weight excluding hydrogens is 241 g/mol. The molecular formula is C16H12FNO. The standard InChI is InChI=1S/C16H12FNO/c17-14-8-4-7-13(11-14)16(19)15(9-10-18)12-5-2-1-3-6-12/h1-8,11,15H,9H2. The van der Waals surface area contributed by atoms with Gasteiger partial charge >= 0.3 is 0 Å². The number of ketones is 1. The quantitative estimate of drug-likeness (QED) is 0.779. The first kappa shape index (κ1) is 13.0. The van der Waals surface area contributed by atoms with E-state index in [0.29, 0.717) is 5.56 Å². The van der Waals surface area contributed by atoms with Crippen LogP contribution in [0.5, 0.6) is 0 Å². The number of nitrogens with zero attached hydrogens (tertiary/aromatic N) is 1. The second kappa shape index (κ2) is 5.92. The second-order valence-corrected chi connectivity index (χ2v) is 4.20. The van der Waals surface area contributed by atoms with Crippen LogP contribution in [0.1, 0.15) is 28.3 Å². The van der Waals surface area contributed by atoms with Crippen LogP contribution in [-0.4, -0.2) is 5.78 Å². The molecule has 0 radical (unpaired) electrons. The number of Topliss-reactive ketones (excluding diaryl/α,β-unsaturated/α-hetero) is 1. The fourth-order valence-electron chi connectivity index (χ4n) is 1.98. The average Bonchev–Trinajstić information content (AvgIpc) is 2.45. The molecule has 0 fully saturated rings. The van der Waals surface area contributed by atoms with Gasteiger partial charge in [-0.05, 0) is 17.7 Å². The molecule has 0 aromatic heterocycles. The van der Waals surface area contributed by atoms with E-state index < -0.39 is 11.7 Å². The van der Waals surface area contributed by atoms with Gasteiger partial charge in [-0.25, -0.2) is 4.39 Å². The summed E-state index contributed by atoms with van der Waals surface area (Å²) in [6.07, 6.45) is 0.0827. The van der Waals surface area contributed by atoms with Gasteiger partial charge in [0, 0.05) is 12.0 Å². The summed E-state index contributed by atoms with van der Waals surface area (Å²) in [7, 11) is 0. The molecule has 0 aliphatic carbocycles. The van der Waals surface area contributed by atoms with E-state index in [1.54, 1.807) is 18.2 Å². The van der Waals surface area contributed by atoms with Crippen LogP contribution in [0, 0.1) is 17.1 Å². The Labute approximate surface area is 111 Å². The van der Waals surface area contributed by atoms with Gasteiger partial charge < -0.3 is 0 Å². The third-order valence-corrected chi connectivity index (χ3v) is 2.92. The molecule has 2 aromatic rings. The third-order valence-electron chi connectivity index (χ3n) is 2.92. The minimum Gasteiger partial charge on any atom is -0.293 e. The van der Waals surface area contributed by atoms with E-state index in [9.17, 15) is 9.18 Å². The van der Waals surface area contributed by atoms with E-state index in [0.717, 1.165) is 5.56 Å². The lowest BCUT2D eigenvalue weighted by Crippen LogP contribution is -2.12. The van der Waals surface area contributed by atoms with Crippen molar-refractivity contribution in [3.05, 3.63) is 71.5 Å². The maximum absolute atomic E-state index is 13.2. The highest BCUT2D eigenvalue weighted by molar-refractivity contribution is 6.01. The molecule has 0 saturated heterocycles. The van der Waals surface area contributed by atoms with E-state index >= 15 is 0 Å². The summed E-state index contributed by atoms with van der Waals surface area (Å²) < 4.78 is 13.2. The highest BCUT2D eigenvalue weighted by Gasteiger charge is 2.21. The summed E-state index contributed by atoms with van der Waals surface area (Å²) >= 11 is 0. The number of hydrogen-bond donors (Lipinski definition) is 0. The number of carbonyl (C=O) groups is 1. The minimum atomic E-state index is -0.548. The molecule has 0 bridgehead atoms. The molecule has 1 atom stereocenters. The zero-order valence-electron chi connectivity index (χ0n) is 10.2. The van der Waals surface area contributed by atoms with Crippen LogP contribution in [0.2, 0.25) is 0 Å². The Morgan fingerprint density at radius 3 is 2.53 bits per heavy atom. The van der Waals surface area contributed by atoms with Crippen LogP contribution in [0.3, 0.4) is 0 Å². The highest BCUT2D eigenvalue weighted by Crippen LogP contribution is 2.24. The zero-order chi connectivity index (χ0) is 13.7. The first-order valence-electron chi connectivity index (χ1n) is 5.94. The molecule has 2 nitrogen and oxygen atoms in total. The summed E-state index contributed by atoms with van der Waals surface area (Å²) in [5.41, 5.74) is 1.07. The van der Waals surface area contributed by atoms with Crippen molar-refractivity contribution in [3.8, 4) is 6.07 Å². The number of carbonyl (C=O) groups excluding carboxylic acids is 1. The second-order valence-electron chi connectivity index (χ2n) is 4.20. The molecule has 2 rings (SSSR count). The van der Waals surface area contributed by atoms with Gasteiger partial charge in [-0.3, -0.25) is 4.79 Å². The SMILES string of the molecule is N#CCC(C(=O)c1cccc(F)c1)c1ccccc1. The summed E-state index contributed by atoms with van der Waals surface area (Å²) in [4.78, 5) is 12.4. The van der Waals surface area contributed by atoms with E-state index in [2.05, 4.69) is 0 Å². The minimum absolute atomic E-state index is 0.0827. The fourth-order valence-corrected chi connectivity index (χ4v) is 1.98. The van der Waals surface area contributed by atoms with Gasteiger partial charge in [0.05, 0.1) is 12.0 Å². The topological polar surface area (TPSA) is 40.9 Å². The van der Waals surface area contributed by atoms with Crippen molar-refractivity contribution < 1.29 is 9.18 Å². The first-order chi connectivity index (χ1) is 9.22. The Kier molecular flexibility index (Phi) is 4.04. The van der Waals surface area contributed by atoms with Gasteiger partial charge in [-0.1, -0.05) is 42.5 Å². The number of rotatable bonds is 4. The van der Waals surface area contributed by atoms with E-state index in [1.165, 1.54) is 18.2 Å². The van der Waals surface area contributed by atoms with Crippen LogP contribution in [0.15, 0.2) is 54.6 Å². The normalized spacial score (nSPS) is 11.6. The predicted molar refractivity (Wildman–Crippen MR) is 70.1 cm³/mol. The van der Waals surface area contributed by atoms with Crippen LogP contribution in [-0.2, 0) is 0 Å². The number of benzene rings is 2. The van der Waals surface area contributed by atoms with Gasteiger partial charge in [0.25, 0.3) is 0 Å². The summed E-state index contributed by atoms with van der Waals surface area (Å²) in [6, 6.07) is 16.7. The Hall–Kier alpha value is -2.47. The van der Waals surface area contributed by atoms with Crippen molar-refractivity contribution in [1.82, 2.24) is 0 Å². The molecule has 19 heavy (non-hydrogen) atoms. The van der Waals surface area contributed by atoms with Gasteiger partial charge in [0.15, 0.2) is 5.78 Å². The van der Waals surface area contributed by atoms with Crippen molar-refractivity contribution in [2.45, 2.75) is 12.3 Å². The monoisotopic (exact) mass is 253 g/mol. The van der Waals surface area contributed by atoms with Crippen molar-refractivity contribution in [2.24, 2.45) is 0 Å². The Balaban J connectivity index is 2.35. The lowest BCUT2D eigenvalue weighted by atomic mass is 9.88. The summed E-state index contributed by atoms with van der Waals surface area (Å²) in [5, 5.41) is 8.87. The molecule has 0 aliphatic heterocycles. The molecule has 0 aliphatic rings. The average molecular weight is 253 g/mol. The zero-order valence-corrected chi connectivity index (χ0v) is 10.2. The molecule has 0 saturated carbocycles. The van der Waals surface area contributed by atoms with Crippen LogP contribution >= 0.6 is 0 Å². The van der Waals surface area contributed by atoms with E-state index in [4.69, 9.17) is 5.26 Å². The number of hydrogen-bond acceptors (Lipinski definition) is 2. The van der Waals surface area contributed by atoms with Crippen molar-refractivity contribution in [1.29, 1.82) is 5.26 Å². The third kappa shape index (κ3) is 3.05. The van der Waals surface area contributed by atoms with Gasteiger partial charge in [0.1, 0.15) is 5.82 Å². The van der Waals surface area contributed by atoms with E-state index in [1.807, 2.05) is 24.3 Å². The molecule has 0 amide bonds. The van der Waals surface area contributed by atoms with Crippen molar-refractivity contribution >= 4 is 5.78 Å². The number of nitriles is 1. The molecule has 1 unspecified atom stereocenters. The smallest absolute Gasteiger partial charge is 0.171 e. The Morgan fingerprint density at radius 1 is 1.16 bits per heavy atom. The lowest BCUT2D eigenvalue weighted by molar-refractivity contribution is 0.0960. The lowest BCUT2D eigenvalue weighted by Gasteiger charge is -2.13. The Bertz CT molecular complexity index is 616. The molecule has 94 valence electrons. The predicted octanol–water partition coefficient (Wildman–Crippen LogP) is 3.71. The Morgan fingerprint density at radius 2 is 1.89 bits per heavy atom. The van der Waals surface area contributed by atoms with E-state index in [-0.39, 0.29) is 12.2 Å². The van der Waals surface area contributed by atoms with Crippen LogP contribution in [0.4, 0.5) is 4.39 Å². The highest BCUT2D eigenvalue weighted by atomic mass is 19.1. The summed E-state index contributed by atoms with van der Waals surface area (Å²) in [5.74, 6) is -1.23. The van der Waals surface area contributed by atoms with Crippen LogP contribution < -0.4 is 0 Å². The summed E-state index contributed by atoms with van der Waals surface area (Å²) in [6.45, 7) is 0. The van der Waals surface area contributed by atoms with Crippen molar-refractivity contribution in [3.63, 3.8) is 0 Å². The first-order valence-corrected chi connectivity index (χ1v) is 5.94. The van der Waals surface area contributed by atoms with Gasteiger partial charge in [0.2, 0.25) is 0 Å². The van der Waals surface area contributed by atoms with Crippen molar-refractivity contribution in [2.75, 3.05) is 0 Å².